The number of nitrogen functional groups attached to an aromatic ring is 1. The Hall–Kier alpha value is -1.82. The lowest BCUT2D eigenvalue weighted by Gasteiger charge is -2.05. The van der Waals surface area contributed by atoms with Crippen molar-refractivity contribution in [3.63, 3.8) is 0 Å². The number of aromatic nitrogens is 1. The fourth-order valence-electron chi connectivity index (χ4n) is 1.54. The first-order valence-electron chi connectivity index (χ1n) is 5.57. The van der Waals surface area contributed by atoms with Crippen molar-refractivity contribution in [2.24, 2.45) is 0 Å². The van der Waals surface area contributed by atoms with Gasteiger partial charge in [0.2, 0.25) is 0 Å². The van der Waals surface area contributed by atoms with Crippen LogP contribution < -0.4 is 16.5 Å². The van der Waals surface area contributed by atoms with Gasteiger partial charge in [-0.05, 0) is 5.56 Å². The zero-order valence-electron chi connectivity index (χ0n) is 10.0. The zero-order chi connectivity index (χ0) is 13.0. The third kappa shape index (κ3) is 3.10. The van der Waals surface area contributed by atoms with Gasteiger partial charge in [-0.2, -0.15) is 0 Å². The number of hydrogen-bond acceptors (Lipinski definition) is 4. The smallest absolute Gasteiger partial charge is 0.263 e. The molecule has 0 atom stereocenters. The number of nitrogens with two attached hydrogens (primary N) is 1. The Bertz CT molecular complexity index is 556. The van der Waals surface area contributed by atoms with Crippen molar-refractivity contribution in [1.29, 1.82) is 0 Å². The third-order valence-electron chi connectivity index (χ3n) is 2.48. The second-order valence-corrected chi connectivity index (χ2v) is 4.84. The molecule has 2 aromatic rings. The maximum atomic E-state index is 11.8. The quantitative estimate of drug-likeness (QED) is 0.805. The molecular weight excluding hydrogens is 245 g/mol. The average Bonchev–Trinajstić information content (AvgIpc) is 2.83. The first-order valence-corrected chi connectivity index (χ1v) is 6.38. The molecule has 0 unspecified atom stereocenters. The second-order valence-electron chi connectivity index (χ2n) is 3.78. The summed E-state index contributed by atoms with van der Waals surface area (Å²) in [4.78, 5) is 16.2. The highest BCUT2D eigenvalue weighted by Gasteiger charge is 2.08. The summed E-state index contributed by atoms with van der Waals surface area (Å²) in [7, 11) is 2.02. The predicted molar refractivity (Wildman–Crippen MR) is 75.4 cm³/mol. The summed E-state index contributed by atoms with van der Waals surface area (Å²) in [6.45, 7) is 2.48. The number of thiazole rings is 1. The summed E-state index contributed by atoms with van der Waals surface area (Å²) in [5.74, 6) is -0.143. The normalized spacial score (nSPS) is 10.1. The van der Waals surface area contributed by atoms with Crippen LogP contribution >= 0.6 is 11.3 Å². The van der Waals surface area contributed by atoms with Gasteiger partial charge in [0.15, 0.2) is 5.13 Å². The summed E-state index contributed by atoms with van der Waals surface area (Å²) < 4.78 is 0. The molecule has 0 aliphatic carbocycles. The van der Waals surface area contributed by atoms with E-state index in [-0.39, 0.29) is 5.91 Å². The predicted octanol–water partition coefficient (Wildman–Crippen LogP) is 1.03. The van der Waals surface area contributed by atoms with E-state index in [1.54, 1.807) is 0 Å². The van der Waals surface area contributed by atoms with Crippen molar-refractivity contribution in [2.75, 3.05) is 5.73 Å². The van der Waals surface area contributed by atoms with Gasteiger partial charge in [-0.3, -0.25) is 4.79 Å². The fourth-order valence-corrected chi connectivity index (χ4v) is 2.15. The van der Waals surface area contributed by atoms with E-state index >= 15 is 0 Å². The summed E-state index contributed by atoms with van der Waals surface area (Å²) in [5, 5.41) is 3.25. The molecule has 91 valence electrons. The number of benzene rings is 1. The van der Waals surface area contributed by atoms with Gasteiger partial charge in [-0.1, -0.05) is 47.9 Å². The molecule has 0 saturated heterocycles. The molecule has 4 nitrogen and oxygen atoms in total. The molecule has 1 amide bonds. The van der Waals surface area contributed by atoms with Crippen molar-refractivity contribution >= 4 is 35.1 Å². The van der Waals surface area contributed by atoms with E-state index in [1.165, 1.54) is 17.5 Å². The number of amides is 1. The van der Waals surface area contributed by atoms with Crippen molar-refractivity contribution < 1.29 is 4.79 Å². The number of carbonyl (C=O) groups is 1. The molecule has 1 aromatic heterocycles. The molecule has 6 heteroatoms. The number of rotatable bonds is 4. The Balaban J connectivity index is 1.97. The molecular formula is C12H13BN3OS. The molecule has 2 rings (SSSR count). The zero-order valence-corrected chi connectivity index (χ0v) is 10.8. The number of carbonyl (C=O) groups excluding carboxylic acids is 1. The number of hydrogen-bond donors (Lipinski definition) is 2. The summed E-state index contributed by atoms with van der Waals surface area (Å²) in [6, 6.07) is 8.02. The Morgan fingerprint density at radius 1 is 1.56 bits per heavy atom. The summed E-state index contributed by atoms with van der Waals surface area (Å²) >= 11 is 1.19. The van der Waals surface area contributed by atoms with Crippen molar-refractivity contribution in [3.8, 4) is 0 Å². The molecule has 1 aromatic carbocycles. The minimum absolute atomic E-state index is 0.143. The molecule has 0 spiro atoms. The maximum Gasteiger partial charge on any atom is 0.263 e. The minimum atomic E-state index is -0.143. The van der Waals surface area contributed by atoms with Gasteiger partial charge in [0.05, 0.1) is 6.20 Å². The largest absolute Gasteiger partial charge is 0.375 e. The molecule has 3 N–H and O–H groups in total. The Kier molecular flexibility index (Phi) is 3.99. The lowest BCUT2D eigenvalue weighted by Crippen LogP contribution is -2.22. The van der Waals surface area contributed by atoms with E-state index < -0.39 is 0 Å². The first-order chi connectivity index (χ1) is 8.69. The van der Waals surface area contributed by atoms with Gasteiger partial charge in [0.1, 0.15) is 12.2 Å². The van der Waals surface area contributed by atoms with Crippen LogP contribution in [0.2, 0.25) is 6.82 Å². The average molecular weight is 258 g/mol. The van der Waals surface area contributed by atoms with Crippen LogP contribution in [0, 0.1) is 0 Å². The van der Waals surface area contributed by atoms with Gasteiger partial charge >= 0.3 is 0 Å². The third-order valence-corrected chi connectivity index (χ3v) is 3.31. The number of nitrogens with one attached hydrogen (secondary N) is 1. The van der Waals surface area contributed by atoms with Gasteiger partial charge in [0.25, 0.3) is 5.91 Å². The van der Waals surface area contributed by atoms with Crippen LogP contribution in [0.25, 0.3) is 0 Å². The van der Waals surface area contributed by atoms with Crippen molar-refractivity contribution in [2.45, 2.75) is 13.4 Å². The van der Waals surface area contributed by atoms with Gasteiger partial charge in [-0.15, -0.1) is 0 Å². The minimum Gasteiger partial charge on any atom is -0.375 e. The van der Waals surface area contributed by atoms with Gasteiger partial charge in [-0.25, -0.2) is 4.98 Å². The van der Waals surface area contributed by atoms with Crippen LogP contribution in [0.1, 0.15) is 15.2 Å². The highest BCUT2D eigenvalue weighted by atomic mass is 32.1. The second kappa shape index (κ2) is 5.68. The van der Waals surface area contributed by atoms with Crippen LogP contribution in [0.15, 0.2) is 30.5 Å². The molecule has 0 fully saturated rings. The Morgan fingerprint density at radius 2 is 2.39 bits per heavy atom. The molecule has 0 aliphatic rings. The fraction of sp³-hybridized carbons (Fsp3) is 0.167. The van der Waals surface area contributed by atoms with Crippen LogP contribution in [-0.2, 0) is 6.54 Å². The van der Waals surface area contributed by atoms with Gasteiger partial charge in [0, 0.05) is 6.54 Å². The lowest BCUT2D eigenvalue weighted by atomic mass is 9.73. The number of anilines is 1. The monoisotopic (exact) mass is 258 g/mol. The van der Waals surface area contributed by atoms with Crippen LogP contribution in [0.5, 0.6) is 0 Å². The highest BCUT2D eigenvalue weighted by Crippen LogP contribution is 2.13. The maximum absolute atomic E-state index is 11.8. The molecule has 0 bridgehead atoms. The molecule has 1 radical (unpaired) electrons. The van der Waals surface area contributed by atoms with E-state index in [0.29, 0.717) is 16.6 Å². The van der Waals surface area contributed by atoms with E-state index in [9.17, 15) is 4.79 Å². The SMILES string of the molecule is C[B]c1cccc(CNC(=O)c2cnc(N)s2)c1. The Labute approximate surface area is 110 Å². The Morgan fingerprint density at radius 3 is 3.06 bits per heavy atom. The van der Waals surface area contributed by atoms with E-state index in [0.717, 1.165) is 11.0 Å². The molecule has 0 aliphatic heterocycles. The van der Waals surface area contributed by atoms with E-state index in [1.807, 2.05) is 38.4 Å². The summed E-state index contributed by atoms with van der Waals surface area (Å²) in [6.07, 6.45) is 1.49. The number of nitrogens with zero attached hydrogens (tertiary/aromatic N) is 1. The molecule has 18 heavy (non-hydrogen) atoms. The van der Waals surface area contributed by atoms with Gasteiger partial charge < -0.3 is 11.1 Å². The van der Waals surface area contributed by atoms with E-state index in [4.69, 9.17) is 5.73 Å². The first kappa shape index (κ1) is 12.6. The summed E-state index contributed by atoms with van der Waals surface area (Å²) in [5.41, 5.74) is 7.69. The highest BCUT2D eigenvalue weighted by molar-refractivity contribution is 7.17. The van der Waals surface area contributed by atoms with Crippen LogP contribution in [-0.4, -0.2) is 18.2 Å². The van der Waals surface area contributed by atoms with Crippen molar-refractivity contribution in [1.82, 2.24) is 10.3 Å². The topological polar surface area (TPSA) is 68.0 Å². The lowest BCUT2D eigenvalue weighted by molar-refractivity contribution is 0.0955. The van der Waals surface area contributed by atoms with Crippen LogP contribution in [0.3, 0.4) is 0 Å². The van der Waals surface area contributed by atoms with Crippen LogP contribution in [0.4, 0.5) is 5.13 Å². The van der Waals surface area contributed by atoms with Crippen molar-refractivity contribution in [3.05, 3.63) is 40.9 Å². The molecule has 1 heterocycles. The van der Waals surface area contributed by atoms with E-state index in [2.05, 4.69) is 10.3 Å². The standard InChI is InChI=1S/C12H13BN3OS/c1-13-9-4-2-3-8(5-9)6-15-11(17)10-7-16-12(14)18-10/h2-5,7H,6H2,1H3,(H2,14,16)(H,15,17). The molecule has 0 saturated carbocycles.